The number of aliphatic hydroxyl groups is 1. The molecular weight excluding hydrogens is 660 g/mol. The first kappa shape index (κ1) is 38.4. The molecule has 13 nitrogen and oxygen atoms in total. The van der Waals surface area contributed by atoms with Crippen molar-refractivity contribution in [1.82, 2.24) is 29.2 Å². The SMILES string of the molecule is CN(C(=O)[C@H](Cc1ccccc1)NS(=O)(=O)N1CCCCC1)[C@@H](Cc1c[nH]cn1)C(=O)N[C@@H](CC1CCCCC1)[C@@H](O)C[C@@H]1OCOC1(C)C. The smallest absolute Gasteiger partial charge is 0.280 e. The number of rotatable bonds is 16. The number of likely N-dealkylation sites (N-methyl/N-ethyl adjacent to an activating group) is 1. The number of piperidine rings is 1. The van der Waals surface area contributed by atoms with Crippen molar-refractivity contribution in [2.45, 2.75) is 127 Å². The number of imidazole rings is 1. The minimum Gasteiger partial charge on any atom is -0.391 e. The van der Waals surface area contributed by atoms with Crippen LogP contribution in [0, 0.1) is 5.92 Å². The van der Waals surface area contributed by atoms with E-state index in [0.29, 0.717) is 31.1 Å². The van der Waals surface area contributed by atoms with Gasteiger partial charge >= 0.3 is 0 Å². The lowest BCUT2D eigenvalue weighted by Crippen LogP contribution is -2.59. The molecule has 1 aromatic carbocycles. The maximum atomic E-state index is 14.4. The first-order valence-electron chi connectivity index (χ1n) is 18.2. The van der Waals surface area contributed by atoms with Gasteiger partial charge in [0.25, 0.3) is 10.2 Å². The van der Waals surface area contributed by atoms with Gasteiger partial charge in [0.15, 0.2) is 0 Å². The fourth-order valence-corrected chi connectivity index (χ4v) is 8.90. The van der Waals surface area contributed by atoms with Crippen molar-refractivity contribution in [2.24, 2.45) is 5.92 Å². The van der Waals surface area contributed by atoms with Crippen LogP contribution in [0.4, 0.5) is 0 Å². The molecule has 5 rings (SSSR count). The van der Waals surface area contributed by atoms with Crippen LogP contribution in [0.3, 0.4) is 0 Å². The Kier molecular flexibility index (Phi) is 13.5. The molecule has 2 amide bonds. The highest BCUT2D eigenvalue weighted by Crippen LogP contribution is 2.32. The molecule has 2 aliphatic heterocycles. The quantitative estimate of drug-likeness (QED) is 0.206. The van der Waals surface area contributed by atoms with E-state index in [9.17, 15) is 23.1 Å². The van der Waals surface area contributed by atoms with Crippen LogP contribution in [0.2, 0.25) is 0 Å². The van der Waals surface area contributed by atoms with Crippen LogP contribution in [-0.4, -0.2) is 107 Å². The highest BCUT2D eigenvalue weighted by atomic mass is 32.2. The fourth-order valence-electron chi connectivity index (χ4n) is 7.46. The lowest BCUT2D eigenvalue weighted by Gasteiger charge is -2.36. The molecule has 0 radical (unpaired) electrons. The third-order valence-electron chi connectivity index (χ3n) is 10.6. The number of nitrogens with one attached hydrogen (secondary N) is 3. The Bertz CT molecular complexity index is 1460. The van der Waals surface area contributed by atoms with E-state index < -0.39 is 51.9 Å². The molecule has 3 heterocycles. The molecule has 2 aromatic rings. The second-order valence-corrected chi connectivity index (χ2v) is 16.4. The van der Waals surface area contributed by atoms with E-state index in [2.05, 4.69) is 20.0 Å². The van der Waals surface area contributed by atoms with Gasteiger partial charge < -0.3 is 29.8 Å². The van der Waals surface area contributed by atoms with Crippen molar-refractivity contribution in [3.8, 4) is 0 Å². The van der Waals surface area contributed by atoms with Crippen LogP contribution in [0.15, 0.2) is 42.9 Å². The lowest BCUT2D eigenvalue weighted by atomic mass is 9.82. The van der Waals surface area contributed by atoms with E-state index in [-0.39, 0.29) is 32.2 Å². The molecule has 3 fully saturated rings. The summed E-state index contributed by atoms with van der Waals surface area (Å²) in [5, 5.41) is 14.8. The summed E-state index contributed by atoms with van der Waals surface area (Å²) in [5.41, 5.74) is 0.775. The van der Waals surface area contributed by atoms with E-state index in [4.69, 9.17) is 9.47 Å². The minimum atomic E-state index is -3.98. The van der Waals surface area contributed by atoms with E-state index >= 15 is 0 Å². The minimum absolute atomic E-state index is 0.0906. The van der Waals surface area contributed by atoms with Crippen molar-refractivity contribution in [1.29, 1.82) is 0 Å². The number of ether oxygens (including phenoxy) is 2. The molecule has 2 saturated heterocycles. The summed E-state index contributed by atoms with van der Waals surface area (Å²) in [7, 11) is -2.45. The maximum Gasteiger partial charge on any atom is 0.280 e. The Balaban J connectivity index is 1.39. The molecule has 5 atom stereocenters. The van der Waals surface area contributed by atoms with Gasteiger partial charge in [-0.2, -0.15) is 17.4 Å². The molecule has 1 aliphatic carbocycles. The Hall–Kier alpha value is -2.88. The fraction of sp³-hybridized carbons (Fsp3) is 0.694. The number of hydrogen-bond donors (Lipinski definition) is 4. The summed E-state index contributed by atoms with van der Waals surface area (Å²) in [5.74, 6) is -0.627. The average molecular weight is 717 g/mol. The van der Waals surface area contributed by atoms with E-state index in [1.54, 1.807) is 6.20 Å². The van der Waals surface area contributed by atoms with Gasteiger partial charge in [0.05, 0.1) is 35.9 Å². The molecule has 0 spiro atoms. The third-order valence-corrected chi connectivity index (χ3v) is 12.3. The van der Waals surface area contributed by atoms with Gasteiger partial charge in [0.1, 0.15) is 18.9 Å². The molecule has 0 bridgehead atoms. The maximum absolute atomic E-state index is 14.4. The summed E-state index contributed by atoms with van der Waals surface area (Å²) < 4.78 is 42.8. The molecular formula is C36H56N6O7S. The zero-order valence-corrected chi connectivity index (χ0v) is 30.6. The van der Waals surface area contributed by atoms with Gasteiger partial charge in [-0.3, -0.25) is 9.59 Å². The molecule has 1 aromatic heterocycles. The zero-order chi connectivity index (χ0) is 35.7. The second kappa shape index (κ2) is 17.6. The first-order chi connectivity index (χ1) is 23.9. The molecule has 3 aliphatic rings. The van der Waals surface area contributed by atoms with Crippen molar-refractivity contribution in [3.63, 3.8) is 0 Å². The predicted molar refractivity (Wildman–Crippen MR) is 189 cm³/mol. The summed E-state index contributed by atoms with van der Waals surface area (Å²) >= 11 is 0. The number of aliphatic hydroxyl groups excluding tert-OH is 1. The van der Waals surface area contributed by atoms with Crippen LogP contribution in [0.1, 0.15) is 89.3 Å². The topological polar surface area (TPSA) is 166 Å². The number of nitrogens with zero attached hydrogens (tertiary/aromatic N) is 3. The van der Waals surface area contributed by atoms with Crippen LogP contribution in [0.5, 0.6) is 0 Å². The van der Waals surface area contributed by atoms with Crippen molar-refractivity contribution >= 4 is 22.0 Å². The standard InChI is InChI=1S/C36H56N6O7S/c1-36(2)33(48-25-49-36)22-32(43)29(19-26-13-7-4-8-14-26)39-34(44)31(21-28-23-37-24-38-28)41(3)35(45)30(20-27-15-9-5-10-16-27)40-50(46,47)42-17-11-6-12-18-42/h5,9-10,15-16,23-24,26,29-33,40,43H,4,6-8,11-14,17-22,25H2,1-3H3,(H,37,38)(H,39,44)/t29-,30-,31-,32-,33-/m0/s1. The highest BCUT2D eigenvalue weighted by Gasteiger charge is 2.41. The number of aromatic nitrogens is 2. The Morgan fingerprint density at radius 1 is 1.06 bits per heavy atom. The van der Waals surface area contributed by atoms with Crippen LogP contribution in [-0.2, 0) is 42.1 Å². The predicted octanol–water partition coefficient (Wildman–Crippen LogP) is 3.07. The van der Waals surface area contributed by atoms with Gasteiger partial charge in [-0.25, -0.2) is 4.98 Å². The van der Waals surface area contributed by atoms with Gasteiger partial charge in [0, 0.05) is 39.2 Å². The third kappa shape index (κ3) is 10.3. The average Bonchev–Trinajstić information content (AvgIpc) is 3.75. The van der Waals surface area contributed by atoms with Crippen molar-refractivity contribution < 1.29 is 32.6 Å². The molecule has 0 unspecified atom stereocenters. The zero-order valence-electron chi connectivity index (χ0n) is 29.8. The summed E-state index contributed by atoms with van der Waals surface area (Å²) in [6.07, 6.45) is 10.9. The van der Waals surface area contributed by atoms with Crippen LogP contribution < -0.4 is 10.0 Å². The highest BCUT2D eigenvalue weighted by molar-refractivity contribution is 7.87. The number of benzene rings is 1. The van der Waals surface area contributed by atoms with E-state index in [1.165, 1.54) is 29.0 Å². The van der Waals surface area contributed by atoms with Gasteiger partial charge in [0.2, 0.25) is 11.8 Å². The second-order valence-electron chi connectivity index (χ2n) is 14.7. The Labute approximate surface area is 297 Å². The van der Waals surface area contributed by atoms with Crippen LogP contribution in [0.25, 0.3) is 0 Å². The number of amides is 2. The largest absolute Gasteiger partial charge is 0.391 e. The summed E-state index contributed by atoms with van der Waals surface area (Å²) in [6, 6.07) is 6.46. The Morgan fingerprint density at radius 2 is 1.76 bits per heavy atom. The summed E-state index contributed by atoms with van der Waals surface area (Å²) in [4.78, 5) is 37.4. The van der Waals surface area contributed by atoms with Crippen molar-refractivity contribution in [3.05, 3.63) is 54.1 Å². The molecule has 50 heavy (non-hydrogen) atoms. The molecule has 14 heteroatoms. The van der Waals surface area contributed by atoms with Gasteiger partial charge in [-0.15, -0.1) is 0 Å². The van der Waals surface area contributed by atoms with E-state index in [0.717, 1.165) is 50.5 Å². The Morgan fingerprint density at radius 3 is 2.40 bits per heavy atom. The monoisotopic (exact) mass is 716 g/mol. The van der Waals surface area contributed by atoms with Gasteiger partial charge in [-0.05, 0) is 51.0 Å². The summed E-state index contributed by atoms with van der Waals surface area (Å²) in [6.45, 7) is 4.79. The number of H-pyrrole nitrogens is 1. The van der Waals surface area contributed by atoms with E-state index in [1.807, 2.05) is 44.2 Å². The van der Waals surface area contributed by atoms with Crippen LogP contribution >= 0.6 is 0 Å². The number of carbonyl (C=O) groups is 2. The molecule has 278 valence electrons. The van der Waals surface area contributed by atoms with Crippen molar-refractivity contribution in [2.75, 3.05) is 26.9 Å². The first-order valence-corrected chi connectivity index (χ1v) is 19.7. The molecule has 4 N–H and O–H groups in total. The molecule has 1 saturated carbocycles. The normalized spacial score (nSPS) is 22.8. The lowest BCUT2D eigenvalue weighted by molar-refractivity contribution is -0.141. The van der Waals surface area contributed by atoms with Gasteiger partial charge in [-0.1, -0.05) is 68.9 Å². The number of carbonyl (C=O) groups excluding carboxylic acids is 2. The number of hydrogen-bond acceptors (Lipinski definition) is 8. The number of aromatic amines is 1.